The van der Waals surface area contributed by atoms with Gasteiger partial charge in [0.15, 0.2) is 0 Å². The van der Waals surface area contributed by atoms with E-state index < -0.39 is 40.2 Å². The summed E-state index contributed by atoms with van der Waals surface area (Å²) < 4.78 is 42.7. The highest BCUT2D eigenvalue weighted by Gasteiger charge is 2.32. The van der Waals surface area contributed by atoms with E-state index in [-0.39, 0.29) is 27.7 Å². The van der Waals surface area contributed by atoms with Gasteiger partial charge in [-0.2, -0.15) is 0 Å². The van der Waals surface area contributed by atoms with Crippen LogP contribution in [0.1, 0.15) is 25.8 Å². The normalized spacial score (nSPS) is 12.0. The molecule has 0 aromatic heterocycles. The molecule has 0 aliphatic heterocycles. The molecule has 0 aliphatic carbocycles. The Morgan fingerprint density at radius 2 is 1.68 bits per heavy atom. The fourth-order valence-corrected chi connectivity index (χ4v) is 5.28. The predicted octanol–water partition coefficient (Wildman–Crippen LogP) is 4.62. The Hall–Kier alpha value is -3.43. The van der Waals surface area contributed by atoms with Gasteiger partial charge in [-0.05, 0) is 49.7 Å². The number of hydrogen-bond donors (Lipinski definition) is 1. The molecular formula is C27H29ClFN3O4S. The number of amides is 2. The van der Waals surface area contributed by atoms with Gasteiger partial charge in [-0.15, -0.1) is 0 Å². The summed E-state index contributed by atoms with van der Waals surface area (Å²) in [6.45, 7) is 2.98. The Labute approximate surface area is 221 Å². The minimum atomic E-state index is -4.19. The number of sulfonamides is 1. The summed E-state index contributed by atoms with van der Waals surface area (Å²) >= 11 is 6.14. The highest BCUT2D eigenvalue weighted by Crippen LogP contribution is 2.27. The summed E-state index contributed by atoms with van der Waals surface area (Å²) in [6.07, 6.45) is 0.692. The quantitative estimate of drug-likeness (QED) is 0.381. The van der Waals surface area contributed by atoms with Gasteiger partial charge in [-0.3, -0.25) is 13.9 Å². The Balaban J connectivity index is 2.02. The molecule has 1 atom stereocenters. The second kappa shape index (κ2) is 12.7. The maximum absolute atomic E-state index is 14.5. The first-order valence-electron chi connectivity index (χ1n) is 11.8. The number of anilines is 1. The molecule has 2 amide bonds. The third kappa shape index (κ3) is 7.08. The van der Waals surface area contributed by atoms with E-state index in [2.05, 4.69) is 5.32 Å². The van der Waals surface area contributed by atoms with E-state index in [0.717, 1.165) is 4.31 Å². The molecule has 3 aromatic carbocycles. The molecule has 0 saturated heterocycles. The Bertz CT molecular complexity index is 1340. The molecule has 0 heterocycles. The van der Waals surface area contributed by atoms with Crippen LogP contribution in [0.4, 0.5) is 10.1 Å². The Morgan fingerprint density at radius 3 is 2.32 bits per heavy atom. The number of hydrogen-bond acceptors (Lipinski definition) is 4. The Kier molecular flexibility index (Phi) is 9.66. The van der Waals surface area contributed by atoms with Crippen molar-refractivity contribution in [1.29, 1.82) is 0 Å². The second-order valence-electron chi connectivity index (χ2n) is 8.38. The molecule has 7 nitrogen and oxygen atoms in total. The van der Waals surface area contributed by atoms with E-state index in [9.17, 15) is 22.4 Å². The average molecular weight is 546 g/mol. The number of carbonyl (C=O) groups excluding carboxylic acids is 2. The van der Waals surface area contributed by atoms with Gasteiger partial charge in [0.2, 0.25) is 11.8 Å². The van der Waals surface area contributed by atoms with Crippen LogP contribution in [0.25, 0.3) is 0 Å². The van der Waals surface area contributed by atoms with E-state index in [1.54, 1.807) is 36.4 Å². The summed E-state index contributed by atoms with van der Waals surface area (Å²) in [5.41, 5.74) is 0.379. The van der Waals surface area contributed by atoms with Crippen molar-refractivity contribution in [1.82, 2.24) is 10.2 Å². The fraction of sp³-hybridized carbons (Fsp3) is 0.259. The van der Waals surface area contributed by atoms with Gasteiger partial charge < -0.3 is 10.2 Å². The standard InChI is InChI=1S/C27H29ClFN3O4S/c1-3-16-30-27(34)20(2)31(18-21-10-7-8-15-25(21)29)26(33)19-32(23-12-9-11-22(28)17-23)37(35,36)24-13-5-4-6-14-24/h4-15,17,20H,3,16,18-19H2,1-2H3,(H,30,34). The molecule has 196 valence electrons. The van der Waals surface area contributed by atoms with Gasteiger partial charge in [-0.25, -0.2) is 12.8 Å². The lowest BCUT2D eigenvalue weighted by molar-refractivity contribution is -0.139. The zero-order valence-corrected chi connectivity index (χ0v) is 22.2. The van der Waals surface area contributed by atoms with Crippen LogP contribution < -0.4 is 9.62 Å². The number of benzene rings is 3. The van der Waals surface area contributed by atoms with Gasteiger partial charge >= 0.3 is 0 Å². The van der Waals surface area contributed by atoms with Gasteiger partial charge in [0.05, 0.1) is 10.6 Å². The second-order valence-corrected chi connectivity index (χ2v) is 10.7. The van der Waals surface area contributed by atoms with Crippen molar-refractivity contribution >= 4 is 39.1 Å². The van der Waals surface area contributed by atoms with E-state index >= 15 is 0 Å². The van der Waals surface area contributed by atoms with Crippen LogP contribution in [0.15, 0.2) is 83.8 Å². The van der Waals surface area contributed by atoms with Gasteiger partial charge in [0, 0.05) is 23.7 Å². The summed E-state index contributed by atoms with van der Waals surface area (Å²) in [5.74, 6) is -1.64. The average Bonchev–Trinajstić information content (AvgIpc) is 2.89. The van der Waals surface area contributed by atoms with Crippen molar-refractivity contribution in [3.8, 4) is 0 Å². The lowest BCUT2D eigenvalue weighted by Crippen LogP contribution is -2.51. The van der Waals surface area contributed by atoms with Crippen molar-refractivity contribution in [2.24, 2.45) is 0 Å². The number of carbonyl (C=O) groups is 2. The molecule has 1 unspecified atom stereocenters. The SMILES string of the molecule is CCCNC(=O)C(C)N(Cc1ccccc1F)C(=O)CN(c1cccc(Cl)c1)S(=O)(=O)c1ccccc1. The molecule has 3 aromatic rings. The van der Waals surface area contributed by atoms with Gasteiger partial charge in [0.1, 0.15) is 18.4 Å². The fourth-order valence-electron chi connectivity index (χ4n) is 3.67. The van der Waals surface area contributed by atoms with Crippen molar-refractivity contribution in [3.05, 3.63) is 95.3 Å². The lowest BCUT2D eigenvalue weighted by Gasteiger charge is -2.32. The number of halogens is 2. The molecule has 0 radical (unpaired) electrons. The van der Waals surface area contributed by atoms with Crippen LogP contribution in [0, 0.1) is 5.82 Å². The van der Waals surface area contributed by atoms with Crippen LogP contribution in [-0.4, -0.2) is 44.3 Å². The maximum Gasteiger partial charge on any atom is 0.264 e. The van der Waals surface area contributed by atoms with Crippen LogP contribution in [-0.2, 0) is 26.2 Å². The molecule has 0 fully saturated rings. The first-order chi connectivity index (χ1) is 17.6. The summed E-state index contributed by atoms with van der Waals surface area (Å²) in [4.78, 5) is 27.7. The minimum Gasteiger partial charge on any atom is -0.354 e. The molecule has 37 heavy (non-hydrogen) atoms. The van der Waals surface area contributed by atoms with Crippen LogP contribution in [0.2, 0.25) is 5.02 Å². The molecule has 3 rings (SSSR count). The monoisotopic (exact) mass is 545 g/mol. The molecule has 0 bridgehead atoms. The van der Waals surface area contributed by atoms with Crippen molar-refractivity contribution in [2.75, 3.05) is 17.4 Å². The summed E-state index contributed by atoms with van der Waals surface area (Å²) in [7, 11) is -4.19. The van der Waals surface area contributed by atoms with Crippen LogP contribution in [0.5, 0.6) is 0 Å². The molecule has 0 aliphatic rings. The third-order valence-corrected chi connectivity index (χ3v) is 7.74. The van der Waals surface area contributed by atoms with Crippen LogP contribution >= 0.6 is 11.6 Å². The first kappa shape index (κ1) is 28.1. The molecular weight excluding hydrogens is 517 g/mol. The van der Waals surface area contributed by atoms with Crippen LogP contribution in [0.3, 0.4) is 0 Å². The number of nitrogens with zero attached hydrogens (tertiary/aromatic N) is 2. The van der Waals surface area contributed by atoms with E-state index in [1.807, 2.05) is 6.92 Å². The first-order valence-corrected chi connectivity index (χ1v) is 13.6. The highest BCUT2D eigenvalue weighted by molar-refractivity contribution is 7.92. The maximum atomic E-state index is 14.5. The van der Waals surface area contributed by atoms with E-state index in [4.69, 9.17) is 11.6 Å². The van der Waals surface area contributed by atoms with E-state index in [0.29, 0.717) is 13.0 Å². The predicted molar refractivity (Wildman–Crippen MR) is 142 cm³/mol. The molecule has 0 spiro atoms. The van der Waals surface area contributed by atoms with Crippen molar-refractivity contribution in [3.63, 3.8) is 0 Å². The third-order valence-electron chi connectivity index (χ3n) is 5.72. The molecule has 10 heteroatoms. The minimum absolute atomic E-state index is 0.0165. The largest absolute Gasteiger partial charge is 0.354 e. The Morgan fingerprint density at radius 1 is 1.00 bits per heavy atom. The smallest absolute Gasteiger partial charge is 0.264 e. The highest BCUT2D eigenvalue weighted by atomic mass is 35.5. The molecule has 0 saturated carbocycles. The van der Waals surface area contributed by atoms with Gasteiger partial charge in [0.25, 0.3) is 10.0 Å². The number of nitrogens with one attached hydrogen (secondary N) is 1. The lowest BCUT2D eigenvalue weighted by atomic mass is 10.1. The van der Waals surface area contributed by atoms with Crippen molar-refractivity contribution < 1.29 is 22.4 Å². The zero-order chi connectivity index (χ0) is 27.0. The van der Waals surface area contributed by atoms with E-state index in [1.165, 1.54) is 54.3 Å². The van der Waals surface area contributed by atoms with Crippen molar-refractivity contribution in [2.45, 2.75) is 37.8 Å². The summed E-state index contributed by atoms with van der Waals surface area (Å²) in [5, 5.41) is 3.03. The molecule has 1 N–H and O–H groups in total. The zero-order valence-electron chi connectivity index (χ0n) is 20.6. The summed E-state index contributed by atoms with van der Waals surface area (Å²) in [6, 6.07) is 18.8. The topological polar surface area (TPSA) is 86.8 Å². The van der Waals surface area contributed by atoms with Gasteiger partial charge in [-0.1, -0.05) is 61.0 Å². The number of rotatable bonds is 11.